The van der Waals surface area contributed by atoms with E-state index < -0.39 is 6.09 Å². The Labute approximate surface area is 223 Å². The lowest BCUT2D eigenvalue weighted by atomic mass is 10.1. The van der Waals surface area contributed by atoms with Gasteiger partial charge in [-0.1, -0.05) is 0 Å². The van der Waals surface area contributed by atoms with Crippen molar-refractivity contribution in [3.63, 3.8) is 0 Å². The Balaban J connectivity index is 0.950. The van der Waals surface area contributed by atoms with Gasteiger partial charge in [0.1, 0.15) is 17.7 Å². The third-order valence-corrected chi connectivity index (χ3v) is 7.38. The monoisotopic (exact) mass is 540 g/mol. The number of aromatic nitrogens is 2. The molecule has 3 amide bonds. The number of anilines is 2. The topological polar surface area (TPSA) is 135 Å². The second-order valence-electron chi connectivity index (χ2n) is 10.2. The Bertz CT molecular complexity index is 1300. The molecular formula is C26H29FN6O6. The second kappa shape index (κ2) is 10.6. The number of carbonyl (C=O) groups excluding carboxylic acids is 3. The first-order chi connectivity index (χ1) is 18.9. The van der Waals surface area contributed by atoms with E-state index in [9.17, 15) is 18.8 Å². The number of carbonyl (C=O) groups is 3. The molecule has 1 aliphatic carbocycles. The summed E-state index contributed by atoms with van der Waals surface area (Å²) in [5.74, 6) is 0.584. The van der Waals surface area contributed by atoms with Gasteiger partial charge in [-0.25, -0.2) is 19.2 Å². The van der Waals surface area contributed by atoms with E-state index in [0.29, 0.717) is 43.8 Å². The fourth-order valence-electron chi connectivity index (χ4n) is 5.19. The molecule has 6 rings (SSSR count). The highest BCUT2D eigenvalue weighted by Crippen LogP contribution is 2.32. The van der Waals surface area contributed by atoms with Gasteiger partial charge in [-0.05, 0) is 61.9 Å². The molecule has 2 unspecified atom stereocenters. The molecule has 2 fully saturated rings. The molecule has 2 aromatic rings. The summed E-state index contributed by atoms with van der Waals surface area (Å²) in [7, 11) is 0. The van der Waals surface area contributed by atoms with Gasteiger partial charge < -0.3 is 29.7 Å². The molecule has 4 aliphatic rings. The van der Waals surface area contributed by atoms with Crippen molar-refractivity contribution in [1.29, 1.82) is 0 Å². The molecule has 206 valence electrons. The fraction of sp³-hybridized carbons (Fsp3) is 0.500. The van der Waals surface area contributed by atoms with Crippen LogP contribution in [0.15, 0.2) is 18.3 Å². The van der Waals surface area contributed by atoms with E-state index in [1.165, 1.54) is 17.2 Å². The van der Waals surface area contributed by atoms with Gasteiger partial charge in [-0.3, -0.25) is 14.5 Å². The van der Waals surface area contributed by atoms with Crippen LogP contribution in [0.3, 0.4) is 0 Å². The molecule has 2 atom stereocenters. The molecule has 0 spiro atoms. The van der Waals surface area contributed by atoms with Crippen LogP contribution in [0.25, 0.3) is 0 Å². The van der Waals surface area contributed by atoms with Crippen LogP contribution in [-0.2, 0) is 27.2 Å². The highest BCUT2D eigenvalue weighted by molar-refractivity contribution is 5.94. The van der Waals surface area contributed by atoms with Crippen molar-refractivity contribution in [3.8, 4) is 11.6 Å². The number of ether oxygens (including phenoxy) is 3. The van der Waals surface area contributed by atoms with Crippen LogP contribution in [0.1, 0.15) is 24.0 Å². The van der Waals surface area contributed by atoms with Crippen molar-refractivity contribution in [1.82, 2.24) is 20.2 Å². The molecule has 0 radical (unpaired) electrons. The number of likely N-dealkylation sites (tertiary alicyclic amines) is 1. The largest absolute Gasteiger partial charge is 0.484 e. The third kappa shape index (κ3) is 5.44. The Morgan fingerprint density at radius 2 is 2.13 bits per heavy atom. The predicted octanol–water partition coefficient (Wildman–Crippen LogP) is 1.28. The number of rotatable bonds is 9. The lowest BCUT2D eigenvalue weighted by molar-refractivity contribution is -0.136. The maximum absolute atomic E-state index is 14.7. The molecule has 0 bridgehead atoms. The van der Waals surface area contributed by atoms with E-state index >= 15 is 0 Å². The fourth-order valence-corrected chi connectivity index (χ4v) is 5.19. The molecule has 3 aliphatic heterocycles. The molecule has 2 N–H and O–H groups in total. The highest BCUT2D eigenvalue weighted by Gasteiger charge is 2.34. The van der Waals surface area contributed by atoms with Gasteiger partial charge in [0.15, 0.2) is 24.8 Å². The van der Waals surface area contributed by atoms with Crippen LogP contribution < -0.4 is 25.0 Å². The van der Waals surface area contributed by atoms with Gasteiger partial charge in [0.2, 0.25) is 0 Å². The minimum absolute atomic E-state index is 0.0704. The van der Waals surface area contributed by atoms with Gasteiger partial charge >= 0.3 is 6.09 Å². The van der Waals surface area contributed by atoms with Gasteiger partial charge in [0.05, 0.1) is 12.7 Å². The quantitative estimate of drug-likeness (QED) is 0.451. The Morgan fingerprint density at radius 1 is 1.26 bits per heavy atom. The Hall–Kier alpha value is -4.00. The summed E-state index contributed by atoms with van der Waals surface area (Å²) in [5, 5.41) is 5.98. The molecule has 4 heterocycles. The van der Waals surface area contributed by atoms with Crippen molar-refractivity contribution in [2.24, 2.45) is 5.92 Å². The van der Waals surface area contributed by atoms with Crippen LogP contribution in [0.2, 0.25) is 0 Å². The number of hydrogen-bond donors (Lipinski definition) is 2. The van der Waals surface area contributed by atoms with Crippen LogP contribution in [-0.4, -0.2) is 84.8 Å². The summed E-state index contributed by atoms with van der Waals surface area (Å²) in [6, 6.07) is 3.21. The number of fused-ring (bicyclic) bond motifs is 2. The summed E-state index contributed by atoms with van der Waals surface area (Å²) in [6.45, 7) is 2.95. The standard InChI is InChI=1S/C26H29FN6O6/c27-20-9-18(37-14-23(35)32-4-1-5-32)8-16-6-15(7-19(16)20)10-28-3-2-17-12-33(26(36)39-17)21-11-29-25-24(30-21)31-22(34)13-38-25/h8-9,11,15,17,28H,1-7,10,12-14H2,(H,30,31,34). The van der Waals surface area contributed by atoms with E-state index in [2.05, 4.69) is 20.6 Å². The summed E-state index contributed by atoms with van der Waals surface area (Å²) >= 11 is 0. The SMILES string of the molecule is O=C1COc2ncc(N3CC(CCNCC4Cc5cc(OCC(=O)N6CCC6)cc(F)c5C4)OC3=O)nc2N1. The van der Waals surface area contributed by atoms with Crippen molar-refractivity contribution in [2.75, 3.05) is 56.2 Å². The number of nitrogens with zero attached hydrogens (tertiary/aromatic N) is 4. The van der Waals surface area contributed by atoms with Crippen LogP contribution >= 0.6 is 0 Å². The van der Waals surface area contributed by atoms with Crippen LogP contribution in [0, 0.1) is 11.7 Å². The minimum Gasteiger partial charge on any atom is -0.484 e. The van der Waals surface area contributed by atoms with Gasteiger partial charge in [0.25, 0.3) is 17.7 Å². The zero-order valence-corrected chi connectivity index (χ0v) is 21.3. The summed E-state index contributed by atoms with van der Waals surface area (Å²) < 4.78 is 31.0. The second-order valence-corrected chi connectivity index (χ2v) is 10.2. The van der Waals surface area contributed by atoms with Crippen LogP contribution in [0.5, 0.6) is 11.6 Å². The first-order valence-corrected chi connectivity index (χ1v) is 13.1. The molecule has 1 aromatic carbocycles. The average Bonchev–Trinajstić information content (AvgIpc) is 3.47. The molecular weight excluding hydrogens is 511 g/mol. The maximum atomic E-state index is 14.7. The maximum Gasteiger partial charge on any atom is 0.415 e. The van der Waals surface area contributed by atoms with Gasteiger partial charge in [-0.2, -0.15) is 0 Å². The summed E-state index contributed by atoms with van der Waals surface area (Å²) in [6.07, 6.45) is 3.52. The molecule has 39 heavy (non-hydrogen) atoms. The van der Waals surface area contributed by atoms with E-state index in [4.69, 9.17) is 14.2 Å². The van der Waals surface area contributed by atoms with Gasteiger partial charge in [-0.15, -0.1) is 0 Å². The lowest BCUT2D eigenvalue weighted by Gasteiger charge is -2.30. The molecule has 1 aromatic heterocycles. The smallest absolute Gasteiger partial charge is 0.415 e. The van der Waals surface area contributed by atoms with Gasteiger partial charge in [0, 0.05) is 19.2 Å². The number of benzene rings is 1. The predicted molar refractivity (Wildman–Crippen MR) is 135 cm³/mol. The van der Waals surface area contributed by atoms with Crippen molar-refractivity contribution in [2.45, 2.75) is 31.8 Å². The van der Waals surface area contributed by atoms with E-state index in [0.717, 1.165) is 31.5 Å². The number of nitrogens with one attached hydrogen (secondary N) is 2. The first kappa shape index (κ1) is 25.3. The summed E-state index contributed by atoms with van der Waals surface area (Å²) in [5.41, 5.74) is 1.62. The number of hydrogen-bond acceptors (Lipinski definition) is 9. The van der Waals surface area contributed by atoms with Crippen molar-refractivity contribution in [3.05, 3.63) is 35.3 Å². The number of halogens is 1. The average molecular weight is 541 g/mol. The summed E-state index contributed by atoms with van der Waals surface area (Å²) in [4.78, 5) is 47.5. The number of amides is 3. The highest BCUT2D eigenvalue weighted by atomic mass is 19.1. The lowest BCUT2D eigenvalue weighted by Crippen LogP contribution is -2.44. The van der Waals surface area contributed by atoms with Crippen molar-refractivity contribution >= 4 is 29.5 Å². The number of cyclic esters (lactones) is 1. The third-order valence-electron chi connectivity index (χ3n) is 7.38. The first-order valence-electron chi connectivity index (χ1n) is 13.1. The van der Waals surface area contributed by atoms with E-state index in [-0.39, 0.29) is 60.4 Å². The van der Waals surface area contributed by atoms with E-state index in [1.807, 2.05) is 6.07 Å². The molecule has 13 heteroatoms. The molecule has 2 saturated heterocycles. The molecule has 0 saturated carbocycles. The van der Waals surface area contributed by atoms with Crippen molar-refractivity contribution < 1.29 is 33.0 Å². The zero-order chi connectivity index (χ0) is 26.9. The normalized spacial score (nSPS) is 21.5. The Kier molecular flexibility index (Phi) is 6.90. The Morgan fingerprint density at radius 3 is 2.95 bits per heavy atom. The minimum atomic E-state index is -0.524. The zero-order valence-electron chi connectivity index (χ0n) is 21.3. The van der Waals surface area contributed by atoms with Crippen LogP contribution in [0.4, 0.5) is 20.8 Å². The molecule has 12 nitrogen and oxygen atoms in total. The van der Waals surface area contributed by atoms with E-state index in [1.54, 1.807) is 4.90 Å².